The van der Waals surface area contributed by atoms with Crippen molar-refractivity contribution in [2.75, 3.05) is 13.2 Å². The van der Waals surface area contributed by atoms with E-state index in [1.165, 1.54) is 0 Å². The van der Waals surface area contributed by atoms with Gasteiger partial charge in [0.1, 0.15) is 12.4 Å². The van der Waals surface area contributed by atoms with Crippen LogP contribution in [0.15, 0.2) is 48.5 Å². The number of amides is 1. The second kappa shape index (κ2) is 8.32. The van der Waals surface area contributed by atoms with Crippen molar-refractivity contribution in [3.63, 3.8) is 0 Å². The van der Waals surface area contributed by atoms with E-state index in [0.717, 1.165) is 11.1 Å². The van der Waals surface area contributed by atoms with Crippen molar-refractivity contribution in [2.45, 2.75) is 25.9 Å². The Balaban J connectivity index is 2.06. The molecule has 0 aliphatic heterocycles. The largest absolute Gasteiger partial charge is 0.489 e. The normalized spacial score (nSPS) is 10.8. The Bertz CT molecular complexity index is 761. The second-order valence-corrected chi connectivity index (χ2v) is 6.19. The second-order valence-electron chi connectivity index (χ2n) is 6.19. The highest BCUT2D eigenvalue weighted by Crippen LogP contribution is 2.26. The SMILES string of the molecule is CC(C)(C#N)c1ccccc1COc1ccc(C(=O)NCCO)cc1. The molecule has 130 valence electrons. The third kappa shape index (κ3) is 4.82. The van der Waals surface area contributed by atoms with E-state index in [4.69, 9.17) is 9.84 Å². The molecule has 25 heavy (non-hydrogen) atoms. The topological polar surface area (TPSA) is 82.3 Å². The molecular weight excluding hydrogens is 316 g/mol. The maximum Gasteiger partial charge on any atom is 0.251 e. The summed E-state index contributed by atoms with van der Waals surface area (Å²) in [5.41, 5.74) is 1.82. The highest BCUT2D eigenvalue weighted by molar-refractivity contribution is 5.94. The van der Waals surface area contributed by atoms with Gasteiger partial charge in [0.05, 0.1) is 18.1 Å². The van der Waals surface area contributed by atoms with E-state index in [9.17, 15) is 10.1 Å². The Morgan fingerprint density at radius 2 is 1.88 bits per heavy atom. The van der Waals surface area contributed by atoms with Crippen LogP contribution in [0, 0.1) is 11.3 Å². The lowest BCUT2D eigenvalue weighted by molar-refractivity contribution is 0.0944. The van der Waals surface area contributed by atoms with Crippen LogP contribution in [0.3, 0.4) is 0 Å². The van der Waals surface area contributed by atoms with Crippen LogP contribution in [0.4, 0.5) is 0 Å². The van der Waals surface area contributed by atoms with Crippen molar-refractivity contribution >= 4 is 5.91 Å². The highest BCUT2D eigenvalue weighted by atomic mass is 16.5. The lowest BCUT2D eigenvalue weighted by Crippen LogP contribution is -2.26. The van der Waals surface area contributed by atoms with Crippen LogP contribution < -0.4 is 10.1 Å². The quantitative estimate of drug-likeness (QED) is 0.813. The van der Waals surface area contributed by atoms with Gasteiger partial charge in [0.15, 0.2) is 0 Å². The van der Waals surface area contributed by atoms with Gasteiger partial charge in [-0.3, -0.25) is 4.79 Å². The van der Waals surface area contributed by atoms with Gasteiger partial charge in [-0.2, -0.15) is 5.26 Å². The number of carbonyl (C=O) groups excluding carboxylic acids is 1. The Morgan fingerprint density at radius 1 is 1.20 bits per heavy atom. The smallest absolute Gasteiger partial charge is 0.251 e. The van der Waals surface area contributed by atoms with E-state index in [2.05, 4.69) is 11.4 Å². The predicted molar refractivity (Wildman–Crippen MR) is 95.3 cm³/mol. The zero-order valence-electron chi connectivity index (χ0n) is 14.5. The van der Waals surface area contributed by atoms with E-state index in [-0.39, 0.29) is 19.1 Å². The van der Waals surface area contributed by atoms with Gasteiger partial charge in [-0.25, -0.2) is 0 Å². The fourth-order valence-electron chi connectivity index (χ4n) is 2.45. The molecule has 2 aromatic carbocycles. The highest BCUT2D eigenvalue weighted by Gasteiger charge is 2.22. The van der Waals surface area contributed by atoms with E-state index in [1.807, 2.05) is 38.1 Å². The minimum absolute atomic E-state index is 0.0919. The number of ether oxygens (including phenoxy) is 1. The van der Waals surface area contributed by atoms with Crippen molar-refractivity contribution in [2.24, 2.45) is 0 Å². The molecule has 0 aliphatic rings. The first kappa shape index (κ1) is 18.5. The number of nitrogens with zero attached hydrogens (tertiary/aromatic N) is 1. The van der Waals surface area contributed by atoms with Crippen LogP contribution >= 0.6 is 0 Å². The van der Waals surface area contributed by atoms with Crippen LogP contribution in [-0.4, -0.2) is 24.2 Å². The van der Waals surface area contributed by atoms with E-state index >= 15 is 0 Å². The van der Waals surface area contributed by atoms with Crippen LogP contribution in [0.5, 0.6) is 5.75 Å². The molecule has 0 spiro atoms. The molecule has 0 atom stereocenters. The van der Waals surface area contributed by atoms with Gasteiger partial charge >= 0.3 is 0 Å². The van der Waals surface area contributed by atoms with Crippen molar-refractivity contribution in [3.8, 4) is 11.8 Å². The monoisotopic (exact) mass is 338 g/mol. The minimum Gasteiger partial charge on any atom is -0.489 e. The number of rotatable bonds is 7. The molecule has 0 unspecified atom stereocenters. The summed E-state index contributed by atoms with van der Waals surface area (Å²) in [6, 6.07) is 16.8. The maximum absolute atomic E-state index is 11.8. The van der Waals surface area contributed by atoms with E-state index < -0.39 is 5.41 Å². The molecule has 2 N–H and O–H groups in total. The fraction of sp³-hybridized carbons (Fsp3) is 0.300. The third-order valence-corrected chi connectivity index (χ3v) is 3.88. The van der Waals surface area contributed by atoms with Crippen molar-refractivity contribution in [1.82, 2.24) is 5.32 Å². The minimum atomic E-state index is -0.589. The zero-order valence-corrected chi connectivity index (χ0v) is 14.5. The van der Waals surface area contributed by atoms with Crippen molar-refractivity contribution in [1.29, 1.82) is 5.26 Å². The molecule has 5 nitrogen and oxygen atoms in total. The van der Waals surface area contributed by atoms with Crippen LogP contribution in [0.25, 0.3) is 0 Å². The molecular formula is C20H22N2O3. The van der Waals surface area contributed by atoms with Gasteiger partial charge in [-0.05, 0) is 49.2 Å². The van der Waals surface area contributed by atoms with Gasteiger partial charge in [0.2, 0.25) is 0 Å². The van der Waals surface area contributed by atoms with Gasteiger partial charge in [0.25, 0.3) is 5.91 Å². The molecule has 2 aromatic rings. The number of aliphatic hydroxyl groups is 1. The summed E-state index contributed by atoms with van der Waals surface area (Å²) in [5.74, 6) is 0.407. The molecule has 0 aromatic heterocycles. The number of aliphatic hydroxyl groups excluding tert-OH is 1. The van der Waals surface area contributed by atoms with Crippen LogP contribution in [-0.2, 0) is 12.0 Å². The average molecular weight is 338 g/mol. The number of benzene rings is 2. The average Bonchev–Trinajstić information content (AvgIpc) is 2.65. The molecule has 0 radical (unpaired) electrons. The Labute approximate surface area is 147 Å². The lowest BCUT2D eigenvalue weighted by atomic mass is 9.83. The summed E-state index contributed by atoms with van der Waals surface area (Å²) in [6.07, 6.45) is 0. The Morgan fingerprint density at radius 3 is 2.52 bits per heavy atom. The first-order chi connectivity index (χ1) is 12.0. The Kier molecular flexibility index (Phi) is 6.15. The summed E-state index contributed by atoms with van der Waals surface area (Å²) >= 11 is 0. The van der Waals surface area contributed by atoms with Crippen LogP contribution in [0.2, 0.25) is 0 Å². The van der Waals surface area contributed by atoms with Crippen molar-refractivity contribution in [3.05, 3.63) is 65.2 Å². The summed E-state index contributed by atoms with van der Waals surface area (Å²) in [4.78, 5) is 11.8. The summed E-state index contributed by atoms with van der Waals surface area (Å²) in [7, 11) is 0. The molecule has 5 heteroatoms. The van der Waals surface area contributed by atoms with Crippen LogP contribution in [0.1, 0.15) is 35.3 Å². The summed E-state index contributed by atoms with van der Waals surface area (Å²) < 4.78 is 5.81. The third-order valence-electron chi connectivity index (χ3n) is 3.88. The fourth-order valence-corrected chi connectivity index (χ4v) is 2.45. The molecule has 0 aliphatic carbocycles. The first-order valence-corrected chi connectivity index (χ1v) is 8.09. The molecule has 2 rings (SSSR count). The molecule has 1 amide bonds. The van der Waals surface area contributed by atoms with Gasteiger partial charge < -0.3 is 15.2 Å². The number of carbonyl (C=O) groups is 1. The van der Waals surface area contributed by atoms with Gasteiger partial charge in [-0.1, -0.05) is 24.3 Å². The number of hydrogen-bond acceptors (Lipinski definition) is 4. The van der Waals surface area contributed by atoms with Gasteiger partial charge in [-0.15, -0.1) is 0 Å². The molecule has 0 saturated heterocycles. The number of nitrogens with one attached hydrogen (secondary N) is 1. The standard InChI is InChI=1S/C20H22N2O3/c1-20(2,14-21)18-6-4-3-5-16(18)13-25-17-9-7-15(8-10-17)19(24)22-11-12-23/h3-10,23H,11-13H2,1-2H3,(H,22,24). The van der Waals surface area contributed by atoms with E-state index in [0.29, 0.717) is 17.9 Å². The summed E-state index contributed by atoms with van der Waals surface area (Å²) in [5, 5.41) is 20.7. The Hall–Kier alpha value is -2.84. The summed E-state index contributed by atoms with van der Waals surface area (Å²) in [6.45, 7) is 4.24. The maximum atomic E-state index is 11.8. The van der Waals surface area contributed by atoms with Gasteiger partial charge in [0, 0.05) is 12.1 Å². The predicted octanol–water partition coefficient (Wildman–Crippen LogP) is 2.79. The molecule has 0 fully saturated rings. The first-order valence-electron chi connectivity index (χ1n) is 8.09. The number of hydrogen-bond donors (Lipinski definition) is 2. The number of nitriles is 1. The van der Waals surface area contributed by atoms with E-state index in [1.54, 1.807) is 24.3 Å². The molecule has 0 bridgehead atoms. The molecule has 0 heterocycles. The van der Waals surface area contributed by atoms with Crippen molar-refractivity contribution < 1.29 is 14.6 Å². The molecule has 0 saturated carbocycles. The zero-order chi connectivity index (χ0) is 18.3. The lowest BCUT2D eigenvalue weighted by Gasteiger charge is -2.20.